The van der Waals surface area contributed by atoms with Crippen molar-refractivity contribution in [1.82, 2.24) is 4.98 Å². The zero-order valence-electron chi connectivity index (χ0n) is 8.88. The first-order valence-electron chi connectivity index (χ1n) is 5.18. The molecule has 0 aliphatic rings. The van der Waals surface area contributed by atoms with Crippen LogP contribution >= 0.6 is 0 Å². The Labute approximate surface area is 94.6 Å². The highest BCUT2D eigenvalue weighted by Gasteiger charge is 2.05. The topological polar surface area (TPSA) is 59.1 Å². The second kappa shape index (κ2) is 4.88. The van der Waals surface area contributed by atoms with Gasteiger partial charge in [0.15, 0.2) is 0 Å². The van der Waals surface area contributed by atoms with E-state index in [9.17, 15) is 0 Å². The molecule has 0 spiro atoms. The molecule has 3 N–H and O–H groups in total. The van der Waals surface area contributed by atoms with Crippen LogP contribution in [0.5, 0.6) is 0 Å². The molecule has 2 rings (SSSR count). The van der Waals surface area contributed by atoms with Crippen molar-refractivity contribution >= 4 is 0 Å². The lowest BCUT2D eigenvalue weighted by Crippen LogP contribution is -2.14. The quantitative estimate of drug-likeness (QED) is 0.818. The van der Waals surface area contributed by atoms with Crippen molar-refractivity contribution in [3.8, 4) is 11.1 Å². The van der Waals surface area contributed by atoms with Gasteiger partial charge >= 0.3 is 0 Å². The standard InChI is InChI=1S/C13H14N2O/c14-13(9-16)12-3-1-2-11(8-12)10-4-6-15-7-5-10/h1-8,13,16H,9,14H2/t13-/m0/s1. The zero-order valence-corrected chi connectivity index (χ0v) is 8.88. The predicted molar refractivity (Wildman–Crippen MR) is 63.7 cm³/mol. The number of nitrogens with two attached hydrogens (primary N) is 1. The Morgan fingerprint density at radius 2 is 1.88 bits per heavy atom. The van der Waals surface area contributed by atoms with Gasteiger partial charge in [0.05, 0.1) is 12.6 Å². The largest absolute Gasteiger partial charge is 0.394 e. The van der Waals surface area contributed by atoms with Gasteiger partial charge in [0.25, 0.3) is 0 Å². The van der Waals surface area contributed by atoms with E-state index in [2.05, 4.69) is 4.98 Å². The summed E-state index contributed by atoms with van der Waals surface area (Å²) in [6.07, 6.45) is 3.52. The van der Waals surface area contributed by atoms with E-state index in [0.717, 1.165) is 16.7 Å². The number of nitrogens with zero attached hydrogens (tertiary/aromatic N) is 1. The minimum atomic E-state index is -0.318. The van der Waals surface area contributed by atoms with Crippen LogP contribution in [0.25, 0.3) is 11.1 Å². The number of hydrogen-bond donors (Lipinski definition) is 2. The average molecular weight is 214 g/mol. The third-order valence-electron chi connectivity index (χ3n) is 2.53. The maximum absolute atomic E-state index is 9.01. The molecule has 0 amide bonds. The highest BCUT2D eigenvalue weighted by atomic mass is 16.3. The van der Waals surface area contributed by atoms with Crippen molar-refractivity contribution < 1.29 is 5.11 Å². The van der Waals surface area contributed by atoms with Gasteiger partial charge in [0.2, 0.25) is 0 Å². The fourth-order valence-corrected chi connectivity index (χ4v) is 1.60. The summed E-state index contributed by atoms with van der Waals surface area (Å²) in [5, 5.41) is 9.01. The molecule has 16 heavy (non-hydrogen) atoms. The molecule has 0 saturated carbocycles. The SMILES string of the molecule is N[C@@H](CO)c1cccc(-c2ccncc2)c1. The Kier molecular flexibility index (Phi) is 3.29. The summed E-state index contributed by atoms with van der Waals surface area (Å²) in [7, 11) is 0. The lowest BCUT2D eigenvalue weighted by Gasteiger charge is -2.10. The molecule has 0 unspecified atom stereocenters. The first kappa shape index (κ1) is 10.8. The van der Waals surface area contributed by atoms with Gasteiger partial charge in [-0.25, -0.2) is 0 Å². The van der Waals surface area contributed by atoms with E-state index in [4.69, 9.17) is 10.8 Å². The number of aromatic nitrogens is 1. The van der Waals surface area contributed by atoms with Crippen molar-refractivity contribution in [3.05, 3.63) is 54.4 Å². The smallest absolute Gasteiger partial charge is 0.0624 e. The molecule has 1 atom stereocenters. The summed E-state index contributed by atoms with van der Waals surface area (Å²) in [4.78, 5) is 3.98. The fourth-order valence-electron chi connectivity index (χ4n) is 1.60. The number of aliphatic hydroxyl groups excluding tert-OH is 1. The second-order valence-corrected chi connectivity index (χ2v) is 3.65. The van der Waals surface area contributed by atoms with E-state index in [1.54, 1.807) is 12.4 Å². The van der Waals surface area contributed by atoms with Gasteiger partial charge in [-0.2, -0.15) is 0 Å². The molecule has 82 valence electrons. The van der Waals surface area contributed by atoms with Crippen LogP contribution in [0.2, 0.25) is 0 Å². The highest BCUT2D eigenvalue weighted by molar-refractivity contribution is 5.63. The summed E-state index contributed by atoms with van der Waals surface area (Å²) < 4.78 is 0. The van der Waals surface area contributed by atoms with E-state index < -0.39 is 0 Å². The molecular weight excluding hydrogens is 200 g/mol. The van der Waals surface area contributed by atoms with Crippen molar-refractivity contribution in [2.75, 3.05) is 6.61 Å². The first-order valence-corrected chi connectivity index (χ1v) is 5.18. The molecule has 3 nitrogen and oxygen atoms in total. The van der Waals surface area contributed by atoms with Crippen LogP contribution in [-0.2, 0) is 0 Å². The number of pyridine rings is 1. The van der Waals surface area contributed by atoms with Crippen LogP contribution in [-0.4, -0.2) is 16.7 Å². The van der Waals surface area contributed by atoms with Crippen LogP contribution in [0.4, 0.5) is 0 Å². The lowest BCUT2D eigenvalue weighted by molar-refractivity contribution is 0.268. The van der Waals surface area contributed by atoms with Crippen molar-refractivity contribution in [1.29, 1.82) is 0 Å². The van der Waals surface area contributed by atoms with Crippen LogP contribution < -0.4 is 5.73 Å². The van der Waals surface area contributed by atoms with Crippen LogP contribution in [0.1, 0.15) is 11.6 Å². The van der Waals surface area contributed by atoms with Gasteiger partial charge in [0, 0.05) is 12.4 Å². The Morgan fingerprint density at radius 1 is 1.12 bits per heavy atom. The lowest BCUT2D eigenvalue weighted by atomic mass is 10.0. The van der Waals surface area contributed by atoms with Crippen LogP contribution in [0.15, 0.2) is 48.8 Å². The van der Waals surface area contributed by atoms with Gasteiger partial charge in [0.1, 0.15) is 0 Å². The van der Waals surface area contributed by atoms with Crippen molar-refractivity contribution in [3.63, 3.8) is 0 Å². The Bertz CT molecular complexity index is 456. The number of aliphatic hydroxyl groups is 1. The average Bonchev–Trinajstić information content (AvgIpc) is 2.39. The van der Waals surface area contributed by atoms with E-state index in [-0.39, 0.29) is 12.6 Å². The molecule has 1 aromatic carbocycles. The fraction of sp³-hybridized carbons (Fsp3) is 0.154. The molecular formula is C13H14N2O. The van der Waals surface area contributed by atoms with Gasteiger partial charge < -0.3 is 10.8 Å². The molecule has 0 aliphatic carbocycles. The maximum atomic E-state index is 9.01. The first-order chi connectivity index (χ1) is 7.81. The molecule has 0 fully saturated rings. The molecule has 0 aliphatic heterocycles. The monoisotopic (exact) mass is 214 g/mol. The number of rotatable bonds is 3. The molecule has 2 aromatic rings. The Balaban J connectivity index is 2.36. The third-order valence-corrected chi connectivity index (χ3v) is 2.53. The number of benzene rings is 1. The second-order valence-electron chi connectivity index (χ2n) is 3.65. The van der Waals surface area contributed by atoms with E-state index >= 15 is 0 Å². The molecule has 1 heterocycles. The Hall–Kier alpha value is -1.71. The van der Waals surface area contributed by atoms with Gasteiger partial charge in [-0.1, -0.05) is 18.2 Å². The molecule has 0 bridgehead atoms. The molecule has 0 radical (unpaired) electrons. The molecule has 1 aromatic heterocycles. The minimum absolute atomic E-state index is 0.0419. The maximum Gasteiger partial charge on any atom is 0.0624 e. The minimum Gasteiger partial charge on any atom is -0.394 e. The number of hydrogen-bond acceptors (Lipinski definition) is 3. The van der Waals surface area contributed by atoms with E-state index in [1.807, 2.05) is 36.4 Å². The summed E-state index contributed by atoms with van der Waals surface area (Å²) >= 11 is 0. The van der Waals surface area contributed by atoms with Crippen LogP contribution in [0, 0.1) is 0 Å². The van der Waals surface area contributed by atoms with Crippen molar-refractivity contribution in [2.45, 2.75) is 6.04 Å². The summed E-state index contributed by atoms with van der Waals surface area (Å²) in [6, 6.07) is 11.5. The predicted octanol–water partition coefficient (Wildman–Crippen LogP) is 1.74. The van der Waals surface area contributed by atoms with Crippen molar-refractivity contribution in [2.24, 2.45) is 5.73 Å². The summed E-state index contributed by atoms with van der Waals surface area (Å²) in [5.41, 5.74) is 8.91. The van der Waals surface area contributed by atoms with Gasteiger partial charge in [-0.05, 0) is 34.9 Å². The third kappa shape index (κ3) is 2.27. The zero-order chi connectivity index (χ0) is 11.4. The van der Waals surface area contributed by atoms with Gasteiger partial charge in [-0.15, -0.1) is 0 Å². The van der Waals surface area contributed by atoms with Crippen LogP contribution in [0.3, 0.4) is 0 Å². The Morgan fingerprint density at radius 3 is 2.56 bits per heavy atom. The van der Waals surface area contributed by atoms with Gasteiger partial charge in [-0.3, -0.25) is 4.98 Å². The van der Waals surface area contributed by atoms with E-state index in [1.165, 1.54) is 0 Å². The summed E-state index contributed by atoms with van der Waals surface area (Å²) in [6.45, 7) is -0.0419. The normalized spacial score (nSPS) is 12.4. The molecule has 3 heteroatoms. The highest BCUT2D eigenvalue weighted by Crippen LogP contribution is 2.21. The molecule has 0 saturated heterocycles. The summed E-state index contributed by atoms with van der Waals surface area (Å²) in [5.74, 6) is 0. The van der Waals surface area contributed by atoms with E-state index in [0.29, 0.717) is 0 Å².